The van der Waals surface area contributed by atoms with Gasteiger partial charge >= 0.3 is 12.1 Å². The zero-order valence-corrected chi connectivity index (χ0v) is 29.8. The fraction of sp³-hybridized carbons (Fsp3) is 0.606. The summed E-state index contributed by atoms with van der Waals surface area (Å²) in [6.07, 6.45) is 0.0259. The minimum absolute atomic E-state index is 0.125. The summed E-state index contributed by atoms with van der Waals surface area (Å²) in [5, 5.41) is 11.9. The van der Waals surface area contributed by atoms with E-state index in [2.05, 4.69) is 26.6 Å². The Hall–Kier alpha value is -4.34. The molecule has 270 valence electrons. The molecule has 0 spiro atoms. The monoisotopic (exact) mass is 704 g/mol. The first kappa shape index (κ1) is 39.1. The maximum absolute atomic E-state index is 14.2. The summed E-state index contributed by atoms with van der Waals surface area (Å²) in [6, 6.07) is 3.56. The van der Waals surface area contributed by atoms with Crippen molar-refractivity contribution in [2.45, 2.75) is 102 Å². The summed E-state index contributed by atoms with van der Waals surface area (Å²) < 4.78 is 10.1. The zero-order chi connectivity index (χ0) is 36.5. The lowest BCUT2D eigenvalue weighted by Crippen LogP contribution is -2.58. The van der Waals surface area contributed by atoms with Crippen LogP contribution in [0.15, 0.2) is 30.3 Å². The lowest BCUT2D eigenvalue weighted by atomic mass is 10.0. The number of ether oxygens (including phenoxy) is 2. The SMILES string of the molecule is COC(=O)[C@@H](CS[C@H]1NC(=O)[C@H](C(C)C)NC(=O)[C@@H](C)NC(=O)[C@H](Cc2ccccc2)NC(=O)[C@@H]2CCCN2C1=O)NC(=O)OC(C)(C)C. The molecule has 2 saturated heterocycles. The molecule has 0 aliphatic carbocycles. The minimum atomic E-state index is -1.34. The van der Waals surface area contributed by atoms with E-state index in [1.165, 1.54) is 11.8 Å². The average Bonchev–Trinajstić information content (AvgIpc) is 3.53. The quantitative estimate of drug-likeness (QED) is 0.239. The second kappa shape index (κ2) is 17.4. The molecule has 0 aromatic heterocycles. The van der Waals surface area contributed by atoms with Crippen LogP contribution in [0.1, 0.15) is 59.9 Å². The van der Waals surface area contributed by atoms with Gasteiger partial charge in [-0.1, -0.05) is 44.2 Å². The molecular formula is C33H48N6O9S. The van der Waals surface area contributed by atoms with Crippen molar-refractivity contribution in [3.63, 3.8) is 0 Å². The number of nitrogens with one attached hydrogen (secondary N) is 5. The molecular weight excluding hydrogens is 656 g/mol. The van der Waals surface area contributed by atoms with Crippen LogP contribution in [0.4, 0.5) is 4.79 Å². The van der Waals surface area contributed by atoms with Gasteiger partial charge in [-0.05, 0) is 52.0 Å². The van der Waals surface area contributed by atoms with Crippen LogP contribution in [-0.2, 0) is 44.7 Å². The van der Waals surface area contributed by atoms with Crippen molar-refractivity contribution in [1.29, 1.82) is 0 Å². The molecule has 1 aromatic carbocycles. The Labute approximate surface area is 290 Å². The van der Waals surface area contributed by atoms with Gasteiger partial charge in [-0.3, -0.25) is 24.0 Å². The first-order valence-electron chi connectivity index (χ1n) is 16.3. The summed E-state index contributed by atoms with van der Waals surface area (Å²) in [6.45, 7) is 10.0. The molecule has 0 bridgehead atoms. The number of carbonyl (C=O) groups is 7. The fourth-order valence-electron chi connectivity index (χ4n) is 5.32. The second-order valence-electron chi connectivity index (χ2n) is 13.3. The van der Waals surface area contributed by atoms with Crippen molar-refractivity contribution in [2.75, 3.05) is 19.4 Å². The number of hydrogen-bond donors (Lipinski definition) is 5. The van der Waals surface area contributed by atoms with Crippen LogP contribution in [0.3, 0.4) is 0 Å². The molecule has 3 rings (SSSR count). The van der Waals surface area contributed by atoms with Gasteiger partial charge in [0.25, 0.3) is 5.91 Å². The normalized spacial score (nSPS) is 24.7. The van der Waals surface area contributed by atoms with Crippen LogP contribution in [0, 0.1) is 5.92 Å². The van der Waals surface area contributed by atoms with E-state index in [1.54, 1.807) is 46.8 Å². The van der Waals surface area contributed by atoms with E-state index in [0.717, 1.165) is 24.4 Å². The van der Waals surface area contributed by atoms with Crippen LogP contribution in [0.25, 0.3) is 0 Å². The van der Waals surface area contributed by atoms with Crippen LogP contribution >= 0.6 is 11.8 Å². The molecule has 2 aliphatic rings. The molecule has 1 aromatic rings. The smallest absolute Gasteiger partial charge is 0.408 e. The third kappa shape index (κ3) is 11.4. The van der Waals surface area contributed by atoms with E-state index < -0.39 is 88.7 Å². The number of fused-ring (bicyclic) bond motifs is 1. The molecule has 2 aliphatic heterocycles. The Balaban J connectivity index is 1.97. The predicted molar refractivity (Wildman–Crippen MR) is 181 cm³/mol. The zero-order valence-electron chi connectivity index (χ0n) is 29.0. The van der Waals surface area contributed by atoms with Crippen LogP contribution in [0.2, 0.25) is 0 Å². The Morgan fingerprint density at radius 2 is 1.63 bits per heavy atom. The highest BCUT2D eigenvalue weighted by Crippen LogP contribution is 2.24. The number of carbonyl (C=O) groups excluding carboxylic acids is 7. The van der Waals surface area contributed by atoms with Gasteiger partial charge in [-0.25, -0.2) is 9.59 Å². The largest absolute Gasteiger partial charge is 0.467 e. The number of thioether (sulfide) groups is 1. The summed E-state index contributed by atoms with van der Waals surface area (Å²) in [7, 11) is 1.14. The molecule has 0 unspecified atom stereocenters. The van der Waals surface area contributed by atoms with Crippen molar-refractivity contribution < 1.29 is 43.0 Å². The van der Waals surface area contributed by atoms with Crippen LogP contribution < -0.4 is 26.6 Å². The molecule has 0 radical (unpaired) electrons. The molecule has 16 heteroatoms. The van der Waals surface area contributed by atoms with Crippen molar-refractivity contribution in [1.82, 2.24) is 31.5 Å². The molecule has 6 atom stereocenters. The predicted octanol–water partition coefficient (Wildman–Crippen LogP) is 0.606. The van der Waals surface area contributed by atoms with E-state index in [4.69, 9.17) is 9.47 Å². The highest BCUT2D eigenvalue weighted by molar-refractivity contribution is 8.00. The third-order valence-electron chi connectivity index (χ3n) is 7.86. The highest BCUT2D eigenvalue weighted by Gasteiger charge is 2.41. The number of amides is 6. The number of methoxy groups -OCH3 is 1. The van der Waals surface area contributed by atoms with E-state index in [1.807, 2.05) is 18.2 Å². The topological polar surface area (TPSA) is 201 Å². The fourth-order valence-corrected chi connectivity index (χ4v) is 6.40. The first-order chi connectivity index (χ1) is 23.0. The van der Waals surface area contributed by atoms with E-state index in [9.17, 15) is 33.6 Å². The average molecular weight is 705 g/mol. The lowest BCUT2D eigenvalue weighted by Gasteiger charge is -2.31. The van der Waals surface area contributed by atoms with Gasteiger partial charge in [0, 0.05) is 18.7 Å². The van der Waals surface area contributed by atoms with Gasteiger partial charge in [-0.15, -0.1) is 11.8 Å². The number of benzene rings is 1. The molecule has 5 N–H and O–H groups in total. The Bertz CT molecular complexity index is 1390. The van der Waals surface area contributed by atoms with Crippen molar-refractivity contribution in [3.05, 3.63) is 35.9 Å². The van der Waals surface area contributed by atoms with E-state index >= 15 is 0 Å². The van der Waals surface area contributed by atoms with Gasteiger partial charge in [0.15, 0.2) is 5.37 Å². The molecule has 2 fully saturated rings. The van der Waals surface area contributed by atoms with Gasteiger partial charge in [0.2, 0.25) is 23.6 Å². The Morgan fingerprint density at radius 1 is 0.959 bits per heavy atom. The maximum atomic E-state index is 14.2. The summed E-state index contributed by atoms with van der Waals surface area (Å²) in [5.41, 5.74) is -0.0887. The van der Waals surface area contributed by atoms with E-state index in [-0.39, 0.29) is 18.7 Å². The molecule has 2 heterocycles. The first-order valence-corrected chi connectivity index (χ1v) is 17.3. The van der Waals surface area contributed by atoms with Crippen molar-refractivity contribution >= 4 is 53.4 Å². The Kier molecular flexibility index (Phi) is 13.9. The molecule has 0 saturated carbocycles. The number of esters is 1. The van der Waals surface area contributed by atoms with Crippen LogP contribution in [0.5, 0.6) is 0 Å². The highest BCUT2D eigenvalue weighted by atomic mass is 32.2. The summed E-state index contributed by atoms with van der Waals surface area (Å²) in [4.78, 5) is 94.8. The van der Waals surface area contributed by atoms with Crippen molar-refractivity contribution in [2.24, 2.45) is 5.92 Å². The Morgan fingerprint density at radius 3 is 2.24 bits per heavy atom. The van der Waals surface area contributed by atoms with Gasteiger partial charge in [0.1, 0.15) is 35.8 Å². The van der Waals surface area contributed by atoms with Crippen LogP contribution in [-0.4, -0.2) is 107 Å². The minimum Gasteiger partial charge on any atom is -0.467 e. The number of alkyl carbamates (subject to hydrolysis) is 1. The third-order valence-corrected chi connectivity index (χ3v) is 9.04. The summed E-state index contributed by atoms with van der Waals surface area (Å²) in [5.74, 6) is -4.60. The molecule has 15 nitrogen and oxygen atoms in total. The second-order valence-corrected chi connectivity index (χ2v) is 14.5. The number of nitrogens with zero attached hydrogens (tertiary/aromatic N) is 1. The molecule has 6 amide bonds. The maximum Gasteiger partial charge on any atom is 0.408 e. The standard InChI is InChI=1S/C33H48N6O9S/c1-18(2)24-28(43)38-29(49-17-22(31(45)47-7)36-32(46)48-33(4,5)6)30(44)39-15-11-14-23(39)27(42)35-21(16-20-12-9-8-10-13-20)26(41)34-19(3)25(40)37-24/h8-10,12-13,18-19,21-24,29H,11,14-17H2,1-7H3,(H,34,41)(H,35,42)(H,36,46)(H,37,40)(H,38,43)/t19-,21+,22-,23+,24+,29-/m1/s1. The molecule has 49 heavy (non-hydrogen) atoms. The van der Waals surface area contributed by atoms with Gasteiger partial charge < -0.3 is 41.0 Å². The van der Waals surface area contributed by atoms with Gasteiger partial charge in [0.05, 0.1) is 7.11 Å². The number of rotatable bonds is 8. The summed E-state index contributed by atoms with van der Waals surface area (Å²) >= 11 is 0.848. The van der Waals surface area contributed by atoms with E-state index in [0.29, 0.717) is 12.8 Å². The van der Waals surface area contributed by atoms with Gasteiger partial charge in [-0.2, -0.15) is 0 Å². The van der Waals surface area contributed by atoms with Crippen molar-refractivity contribution in [3.8, 4) is 0 Å². The number of hydrogen-bond acceptors (Lipinski definition) is 10. The lowest BCUT2D eigenvalue weighted by molar-refractivity contribution is -0.142.